The van der Waals surface area contributed by atoms with Gasteiger partial charge in [0.1, 0.15) is 12.4 Å². The van der Waals surface area contributed by atoms with Crippen molar-refractivity contribution in [3.05, 3.63) is 46.2 Å². The molecule has 84 valence electrons. The van der Waals surface area contributed by atoms with Crippen LogP contribution in [0.25, 0.3) is 0 Å². The number of rotatable bonds is 3. The maximum absolute atomic E-state index is 5.75. The summed E-state index contributed by atoms with van der Waals surface area (Å²) in [5.41, 5.74) is 2.17. The molecule has 1 heterocycles. The van der Waals surface area contributed by atoms with Crippen molar-refractivity contribution in [1.29, 1.82) is 0 Å². The van der Waals surface area contributed by atoms with Gasteiger partial charge in [-0.05, 0) is 34.5 Å². The van der Waals surface area contributed by atoms with Crippen LogP contribution in [0.15, 0.2) is 34.9 Å². The van der Waals surface area contributed by atoms with Crippen LogP contribution in [0.1, 0.15) is 11.3 Å². The van der Waals surface area contributed by atoms with Gasteiger partial charge in [-0.3, -0.25) is 4.68 Å². The van der Waals surface area contributed by atoms with Crippen molar-refractivity contribution >= 4 is 15.9 Å². The monoisotopic (exact) mass is 280 g/mol. The van der Waals surface area contributed by atoms with Crippen LogP contribution in [0.4, 0.5) is 0 Å². The van der Waals surface area contributed by atoms with E-state index in [1.165, 1.54) is 0 Å². The smallest absolute Gasteiger partial charge is 0.131 e. The van der Waals surface area contributed by atoms with Gasteiger partial charge in [-0.1, -0.05) is 18.2 Å². The molecule has 0 saturated heterocycles. The Morgan fingerprint density at radius 2 is 2.12 bits per heavy atom. The molecular weight excluding hydrogens is 268 g/mol. The van der Waals surface area contributed by atoms with E-state index >= 15 is 0 Å². The van der Waals surface area contributed by atoms with Crippen molar-refractivity contribution in [2.75, 3.05) is 0 Å². The summed E-state index contributed by atoms with van der Waals surface area (Å²) in [5, 5.41) is 4.14. The first-order chi connectivity index (χ1) is 7.68. The van der Waals surface area contributed by atoms with Crippen molar-refractivity contribution in [3.8, 4) is 5.75 Å². The van der Waals surface area contributed by atoms with Gasteiger partial charge < -0.3 is 4.74 Å². The summed E-state index contributed by atoms with van der Waals surface area (Å²) < 4.78 is 8.54. The Morgan fingerprint density at radius 3 is 2.75 bits per heavy atom. The second-order valence-corrected chi connectivity index (χ2v) is 4.47. The summed E-state index contributed by atoms with van der Waals surface area (Å²) in [4.78, 5) is 0. The van der Waals surface area contributed by atoms with Crippen molar-refractivity contribution in [1.82, 2.24) is 9.78 Å². The van der Waals surface area contributed by atoms with Crippen molar-refractivity contribution in [2.24, 2.45) is 7.05 Å². The quantitative estimate of drug-likeness (QED) is 0.864. The molecule has 0 bridgehead atoms. The Labute approximate surface area is 103 Å². The number of ether oxygens (including phenoxy) is 1. The van der Waals surface area contributed by atoms with E-state index in [4.69, 9.17) is 4.74 Å². The van der Waals surface area contributed by atoms with Gasteiger partial charge in [-0.15, -0.1) is 0 Å². The highest BCUT2D eigenvalue weighted by molar-refractivity contribution is 9.10. The third kappa shape index (κ3) is 2.27. The van der Waals surface area contributed by atoms with Crippen molar-refractivity contribution in [2.45, 2.75) is 13.5 Å². The largest absolute Gasteiger partial charge is 0.487 e. The second-order valence-electron chi connectivity index (χ2n) is 3.62. The first-order valence-corrected chi connectivity index (χ1v) is 5.82. The van der Waals surface area contributed by atoms with E-state index in [1.807, 2.05) is 42.9 Å². The van der Waals surface area contributed by atoms with E-state index in [0.29, 0.717) is 6.61 Å². The lowest BCUT2D eigenvalue weighted by molar-refractivity contribution is 0.292. The van der Waals surface area contributed by atoms with Crippen LogP contribution in [0.5, 0.6) is 5.75 Å². The van der Waals surface area contributed by atoms with Crippen LogP contribution in [0.3, 0.4) is 0 Å². The number of halogens is 1. The van der Waals surface area contributed by atoms with E-state index in [-0.39, 0.29) is 0 Å². The molecular formula is C12H13BrN2O. The predicted molar refractivity (Wildman–Crippen MR) is 66.4 cm³/mol. The van der Waals surface area contributed by atoms with Gasteiger partial charge >= 0.3 is 0 Å². The molecule has 2 rings (SSSR count). The minimum atomic E-state index is 0.516. The Balaban J connectivity index is 2.11. The molecule has 0 fully saturated rings. The summed E-state index contributed by atoms with van der Waals surface area (Å²) in [6, 6.07) is 7.98. The van der Waals surface area contributed by atoms with Gasteiger partial charge in [-0.25, -0.2) is 0 Å². The van der Waals surface area contributed by atoms with E-state index in [9.17, 15) is 0 Å². The van der Waals surface area contributed by atoms with Crippen LogP contribution < -0.4 is 4.74 Å². The zero-order valence-corrected chi connectivity index (χ0v) is 10.9. The molecule has 1 aromatic heterocycles. The molecule has 0 saturated carbocycles. The number of hydrogen-bond acceptors (Lipinski definition) is 2. The van der Waals surface area contributed by atoms with Crippen LogP contribution >= 0.6 is 15.9 Å². The predicted octanol–water partition coefficient (Wildman–Crippen LogP) is 3.07. The number of benzene rings is 1. The van der Waals surface area contributed by atoms with Crippen LogP contribution in [0.2, 0.25) is 0 Å². The van der Waals surface area contributed by atoms with Crippen molar-refractivity contribution in [3.63, 3.8) is 0 Å². The lowest BCUT2D eigenvalue weighted by atomic mass is 10.2. The molecule has 2 aromatic rings. The zero-order valence-electron chi connectivity index (χ0n) is 9.27. The first-order valence-electron chi connectivity index (χ1n) is 5.03. The Hall–Kier alpha value is -1.29. The summed E-state index contributed by atoms with van der Waals surface area (Å²) in [6.07, 6.45) is 1.77. The number of aromatic nitrogens is 2. The molecule has 0 spiro atoms. The average molecular weight is 281 g/mol. The second kappa shape index (κ2) is 4.70. The topological polar surface area (TPSA) is 27.1 Å². The fourth-order valence-corrected chi connectivity index (χ4v) is 1.93. The maximum Gasteiger partial charge on any atom is 0.131 e. The highest BCUT2D eigenvalue weighted by Gasteiger charge is 2.07. The third-order valence-corrected chi connectivity index (χ3v) is 3.13. The van der Waals surface area contributed by atoms with Gasteiger partial charge in [0.05, 0.1) is 16.4 Å². The lowest BCUT2D eigenvalue weighted by Gasteiger charge is -2.09. The van der Waals surface area contributed by atoms with Gasteiger partial charge in [0, 0.05) is 7.05 Å². The van der Waals surface area contributed by atoms with Crippen LogP contribution in [-0.2, 0) is 13.7 Å². The standard InChI is InChI=1S/C12H13BrN2O/c1-9-5-3-4-6-12(9)16-8-11-10(13)7-14-15(11)2/h3-7H,8H2,1-2H3. The van der Waals surface area contributed by atoms with E-state index < -0.39 is 0 Å². The number of hydrogen-bond donors (Lipinski definition) is 0. The minimum absolute atomic E-state index is 0.516. The van der Waals surface area contributed by atoms with E-state index in [1.54, 1.807) is 6.20 Å². The minimum Gasteiger partial charge on any atom is -0.487 e. The van der Waals surface area contributed by atoms with Crippen LogP contribution in [0, 0.1) is 6.92 Å². The Bertz CT molecular complexity index is 474. The van der Waals surface area contributed by atoms with Gasteiger partial charge in [0.15, 0.2) is 0 Å². The fraction of sp³-hybridized carbons (Fsp3) is 0.250. The molecule has 1 aromatic carbocycles. The molecule has 0 N–H and O–H groups in total. The Kier molecular flexibility index (Phi) is 3.29. The lowest BCUT2D eigenvalue weighted by Crippen LogP contribution is -2.04. The maximum atomic E-state index is 5.75. The van der Waals surface area contributed by atoms with Gasteiger partial charge in [-0.2, -0.15) is 5.10 Å². The Morgan fingerprint density at radius 1 is 1.38 bits per heavy atom. The summed E-state index contributed by atoms with van der Waals surface area (Å²) in [6.45, 7) is 2.55. The number of aryl methyl sites for hydroxylation is 2. The SMILES string of the molecule is Cc1ccccc1OCc1c(Br)cnn1C. The molecule has 3 nitrogen and oxygen atoms in total. The molecule has 4 heteroatoms. The first kappa shape index (κ1) is 11.2. The van der Waals surface area contributed by atoms with E-state index in [2.05, 4.69) is 21.0 Å². The summed E-state index contributed by atoms with van der Waals surface area (Å²) in [7, 11) is 1.90. The molecule has 0 amide bonds. The highest BCUT2D eigenvalue weighted by Crippen LogP contribution is 2.20. The molecule has 16 heavy (non-hydrogen) atoms. The molecule has 0 radical (unpaired) electrons. The van der Waals surface area contributed by atoms with Gasteiger partial charge in [0.25, 0.3) is 0 Å². The molecule has 0 unspecified atom stereocenters. The summed E-state index contributed by atoms with van der Waals surface area (Å²) in [5.74, 6) is 0.913. The molecule has 0 atom stereocenters. The normalized spacial score (nSPS) is 10.4. The summed E-state index contributed by atoms with van der Waals surface area (Å²) >= 11 is 3.45. The molecule has 0 aliphatic rings. The number of nitrogens with zero attached hydrogens (tertiary/aromatic N) is 2. The van der Waals surface area contributed by atoms with Crippen LogP contribution in [-0.4, -0.2) is 9.78 Å². The average Bonchev–Trinajstić information content (AvgIpc) is 2.58. The highest BCUT2D eigenvalue weighted by atomic mass is 79.9. The molecule has 0 aliphatic heterocycles. The molecule has 0 aliphatic carbocycles. The fourth-order valence-electron chi connectivity index (χ4n) is 1.46. The van der Waals surface area contributed by atoms with Crippen molar-refractivity contribution < 1.29 is 4.74 Å². The van der Waals surface area contributed by atoms with Gasteiger partial charge in [0.2, 0.25) is 0 Å². The van der Waals surface area contributed by atoms with E-state index in [0.717, 1.165) is 21.5 Å². The third-order valence-electron chi connectivity index (χ3n) is 2.47. The number of para-hydroxylation sites is 1. The zero-order chi connectivity index (χ0) is 11.5.